The van der Waals surface area contributed by atoms with E-state index in [1.165, 1.54) is 6.92 Å². The fourth-order valence-corrected chi connectivity index (χ4v) is 1.29. The van der Waals surface area contributed by atoms with Gasteiger partial charge in [-0.3, -0.25) is 4.79 Å². The average Bonchev–Trinajstić information content (AvgIpc) is 1.53. The van der Waals surface area contributed by atoms with Crippen LogP contribution in [0.3, 0.4) is 0 Å². The Morgan fingerprint density at radius 1 is 1.55 bits per heavy atom. The van der Waals surface area contributed by atoms with Crippen LogP contribution >= 0.6 is 11.6 Å². The molecule has 0 aliphatic rings. The van der Waals surface area contributed by atoms with Crippen LogP contribution in [-0.2, 0) is 9.53 Å². The van der Waals surface area contributed by atoms with Crippen LogP contribution in [0.1, 0.15) is 34.1 Å². The second-order valence-corrected chi connectivity index (χ2v) is 4.27. The van der Waals surface area contributed by atoms with Crippen molar-refractivity contribution in [2.24, 2.45) is 5.41 Å². The third-order valence-electron chi connectivity index (χ3n) is 1.07. The number of ether oxygens (including phenoxy) is 1. The number of hydrogen-bond donors (Lipinski definition) is 0. The molecule has 0 heterocycles. The molecule has 1 atom stereocenters. The molecule has 3 heteroatoms. The molecule has 0 saturated heterocycles. The van der Waals surface area contributed by atoms with Crippen molar-refractivity contribution in [2.45, 2.75) is 39.7 Å². The summed E-state index contributed by atoms with van der Waals surface area (Å²) in [6.45, 7) is 7.50. The van der Waals surface area contributed by atoms with Crippen molar-refractivity contribution in [1.29, 1.82) is 0 Å². The van der Waals surface area contributed by atoms with E-state index in [2.05, 4.69) is 0 Å². The van der Waals surface area contributed by atoms with Gasteiger partial charge in [0, 0.05) is 13.3 Å². The SMILES string of the molecule is CC(=O)O[C@H](Cl)CC(C)(C)C. The van der Waals surface area contributed by atoms with Crippen LogP contribution < -0.4 is 0 Å². The summed E-state index contributed by atoms with van der Waals surface area (Å²) in [6, 6.07) is 0. The summed E-state index contributed by atoms with van der Waals surface area (Å²) in [5, 5.41) is 0. The van der Waals surface area contributed by atoms with Crippen molar-refractivity contribution in [1.82, 2.24) is 0 Å². The second-order valence-electron chi connectivity index (χ2n) is 3.78. The van der Waals surface area contributed by atoms with Crippen molar-refractivity contribution in [2.75, 3.05) is 0 Å². The highest BCUT2D eigenvalue weighted by atomic mass is 35.5. The van der Waals surface area contributed by atoms with Crippen LogP contribution in [0.15, 0.2) is 0 Å². The molecule has 0 amide bonds. The fourth-order valence-electron chi connectivity index (χ4n) is 0.703. The Morgan fingerprint density at radius 2 is 2.00 bits per heavy atom. The standard InChI is InChI=1S/C8H15ClO2/c1-6(10)11-7(9)5-8(2,3)4/h7H,5H2,1-4H3/t7-/m0/s1. The second kappa shape index (κ2) is 3.96. The van der Waals surface area contributed by atoms with Gasteiger partial charge in [0.2, 0.25) is 0 Å². The van der Waals surface area contributed by atoms with Gasteiger partial charge in [-0.1, -0.05) is 32.4 Å². The number of halogens is 1. The zero-order valence-electron chi connectivity index (χ0n) is 7.48. The Hall–Kier alpha value is -0.240. The van der Waals surface area contributed by atoms with Crippen molar-refractivity contribution in [3.05, 3.63) is 0 Å². The van der Waals surface area contributed by atoms with Gasteiger partial charge < -0.3 is 4.74 Å². The lowest BCUT2D eigenvalue weighted by atomic mass is 9.93. The molecule has 0 aromatic carbocycles. The highest BCUT2D eigenvalue weighted by molar-refractivity contribution is 6.20. The van der Waals surface area contributed by atoms with E-state index in [0.717, 1.165) is 0 Å². The van der Waals surface area contributed by atoms with Crippen molar-refractivity contribution < 1.29 is 9.53 Å². The Balaban J connectivity index is 3.69. The van der Waals surface area contributed by atoms with Gasteiger partial charge in [-0.25, -0.2) is 0 Å². The number of carbonyl (C=O) groups is 1. The van der Waals surface area contributed by atoms with E-state index in [1.54, 1.807) is 0 Å². The average molecular weight is 179 g/mol. The minimum absolute atomic E-state index is 0.0991. The molecule has 0 saturated carbocycles. The molecule has 66 valence electrons. The summed E-state index contributed by atoms with van der Waals surface area (Å²) in [6.07, 6.45) is 0.675. The number of esters is 1. The van der Waals surface area contributed by atoms with Crippen molar-refractivity contribution >= 4 is 17.6 Å². The Labute approximate surface area is 72.9 Å². The predicted molar refractivity (Wildman–Crippen MR) is 45.5 cm³/mol. The molecule has 0 fully saturated rings. The van der Waals surface area contributed by atoms with E-state index in [0.29, 0.717) is 6.42 Å². The molecule has 0 aromatic rings. The maximum absolute atomic E-state index is 10.4. The number of carbonyl (C=O) groups excluding carboxylic acids is 1. The molecule has 0 spiro atoms. The summed E-state index contributed by atoms with van der Waals surface area (Å²) >= 11 is 5.72. The van der Waals surface area contributed by atoms with Crippen LogP contribution in [0.5, 0.6) is 0 Å². The lowest BCUT2D eigenvalue weighted by Gasteiger charge is -2.21. The summed E-state index contributed by atoms with van der Waals surface area (Å²) < 4.78 is 4.75. The number of rotatable bonds is 2. The molecular weight excluding hydrogens is 164 g/mol. The first-order chi connectivity index (χ1) is 4.81. The zero-order valence-corrected chi connectivity index (χ0v) is 8.23. The van der Waals surface area contributed by atoms with E-state index in [-0.39, 0.29) is 11.4 Å². The predicted octanol–water partition coefficient (Wildman–Crippen LogP) is 2.55. The van der Waals surface area contributed by atoms with Gasteiger partial charge in [0.1, 0.15) is 0 Å². The van der Waals surface area contributed by atoms with E-state index < -0.39 is 5.56 Å². The monoisotopic (exact) mass is 178 g/mol. The first-order valence-electron chi connectivity index (χ1n) is 3.62. The Morgan fingerprint density at radius 3 is 2.27 bits per heavy atom. The van der Waals surface area contributed by atoms with Gasteiger partial charge in [0.15, 0.2) is 5.56 Å². The smallest absolute Gasteiger partial charge is 0.304 e. The molecule has 2 nitrogen and oxygen atoms in total. The number of alkyl halides is 1. The summed E-state index contributed by atoms with van der Waals surface area (Å²) in [7, 11) is 0. The first kappa shape index (κ1) is 10.8. The Bertz CT molecular complexity index is 138. The normalized spacial score (nSPS) is 14.3. The summed E-state index contributed by atoms with van der Waals surface area (Å²) in [5.41, 5.74) is -0.394. The molecular formula is C8H15ClO2. The van der Waals surface area contributed by atoms with E-state index in [9.17, 15) is 4.79 Å². The molecule has 0 rings (SSSR count). The lowest BCUT2D eigenvalue weighted by molar-refractivity contribution is -0.143. The third kappa shape index (κ3) is 7.66. The minimum atomic E-state index is -0.493. The van der Waals surface area contributed by atoms with Crippen LogP contribution in [-0.4, -0.2) is 11.5 Å². The van der Waals surface area contributed by atoms with Gasteiger partial charge in [-0.2, -0.15) is 0 Å². The van der Waals surface area contributed by atoms with Crippen LogP contribution in [0.4, 0.5) is 0 Å². The third-order valence-corrected chi connectivity index (χ3v) is 1.31. The van der Waals surface area contributed by atoms with Crippen molar-refractivity contribution in [3.8, 4) is 0 Å². The van der Waals surface area contributed by atoms with Gasteiger partial charge in [0.05, 0.1) is 0 Å². The maximum atomic E-state index is 10.4. The molecule has 0 radical (unpaired) electrons. The highest BCUT2D eigenvalue weighted by Gasteiger charge is 2.18. The molecule has 11 heavy (non-hydrogen) atoms. The van der Waals surface area contributed by atoms with Gasteiger partial charge >= 0.3 is 5.97 Å². The largest absolute Gasteiger partial charge is 0.446 e. The fraction of sp³-hybridized carbons (Fsp3) is 0.875. The number of hydrogen-bond acceptors (Lipinski definition) is 2. The van der Waals surface area contributed by atoms with Crippen LogP contribution in [0.25, 0.3) is 0 Å². The summed E-state index contributed by atoms with van der Waals surface area (Å²) in [5.74, 6) is -0.325. The van der Waals surface area contributed by atoms with E-state index >= 15 is 0 Å². The molecule has 0 N–H and O–H groups in total. The maximum Gasteiger partial charge on any atom is 0.304 e. The lowest BCUT2D eigenvalue weighted by Crippen LogP contribution is -2.17. The molecule has 0 unspecified atom stereocenters. The topological polar surface area (TPSA) is 26.3 Å². The molecule has 0 aliphatic carbocycles. The Kier molecular flexibility index (Phi) is 3.87. The van der Waals surface area contributed by atoms with E-state index in [4.69, 9.17) is 16.3 Å². The molecule has 0 bridgehead atoms. The van der Waals surface area contributed by atoms with Gasteiger partial charge in [-0.15, -0.1) is 0 Å². The summed E-state index contributed by atoms with van der Waals surface area (Å²) in [4.78, 5) is 10.4. The van der Waals surface area contributed by atoms with Crippen LogP contribution in [0.2, 0.25) is 0 Å². The van der Waals surface area contributed by atoms with Gasteiger partial charge in [0.25, 0.3) is 0 Å². The van der Waals surface area contributed by atoms with E-state index in [1.807, 2.05) is 20.8 Å². The van der Waals surface area contributed by atoms with Crippen molar-refractivity contribution in [3.63, 3.8) is 0 Å². The highest BCUT2D eigenvalue weighted by Crippen LogP contribution is 2.24. The minimum Gasteiger partial charge on any atom is -0.446 e. The quantitative estimate of drug-likeness (QED) is 0.480. The molecule has 0 aromatic heterocycles. The first-order valence-corrected chi connectivity index (χ1v) is 4.06. The van der Waals surface area contributed by atoms with Crippen LogP contribution in [0, 0.1) is 5.41 Å². The zero-order chi connectivity index (χ0) is 9.07. The molecule has 0 aliphatic heterocycles. The van der Waals surface area contributed by atoms with Gasteiger partial charge in [-0.05, 0) is 5.41 Å².